The van der Waals surface area contributed by atoms with Crippen molar-refractivity contribution in [2.24, 2.45) is 0 Å². The number of hydrogen-bond donors (Lipinski definition) is 0. The Morgan fingerprint density at radius 2 is 1.71 bits per heavy atom. The maximum absolute atomic E-state index is 11.5. The largest absolute Gasteiger partial charge is 0.228 e. The van der Waals surface area contributed by atoms with Crippen molar-refractivity contribution < 1.29 is 8.42 Å². The van der Waals surface area contributed by atoms with Gasteiger partial charge in [0, 0.05) is 0 Å². The molecule has 0 N–H and O–H groups in total. The van der Waals surface area contributed by atoms with Crippen molar-refractivity contribution in [3.63, 3.8) is 0 Å². The molecule has 0 spiro atoms. The van der Waals surface area contributed by atoms with Gasteiger partial charge >= 0.3 is 0 Å². The molecule has 0 atom stereocenters. The zero-order valence-corrected chi connectivity index (χ0v) is 9.47. The molecule has 0 aliphatic carbocycles. The standard InChI is InChI=1S/C11H16O2S/c1-3-8-14(12,13)9-11-6-4-10(2)5-7-11/h4-7H,3,8-9H2,1-2H3. The summed E-state index contributed by atoms with van der Waals surface area (Å²) >= 11 is 0. The van der Waals surface area contributed by atoms with Crippen LogP contribution in [0.15, 0.2) is 24.3 Å². The molecule has 0 saturated carbocycles. The molecule has 0 amide bonds. The third-order valence-corrected chi connectivity index (χ3v) is 3.83. The number of aryl methyl sites for hydroxylation is 1. The Balaban J connectivity index is 2.74. The predicted octanol–water partition coefficient (Wildman–Crippen LogP) is 2.32. The Kier molecular flexibility index (Phi) is 3.69. The van der Waals surface area contributed by atoms with Crippen LogP contribution in [0.4, 0.5) is 0 Å². The quantitative estimate of drug-likeness (QED) is 0.767. The molecule has 0 saturated heterocycles. The maximum atomic E-state index is 11.5. The van der Waals surface area contributed by atoms with Crippen LogP contribution in [0, 0.1) is 6.92 Å². The molecule has 0 aromatic heterocycles. The van der Waals surface area contributed by atoms with E-state index in [1.807, 2.05) is 38.1 Å². The third kappa shape index (κ3) is 3.50. The smallest absolute Gasteiger partial charge is 0.154 e. The van der Waals surface area contributed by atoms with Gasteiger partial charge in [0.05, 0.1) is 11.5 Å². The van der Waals surface area contributed by atoms with Crippen molar-refractivity contribution in [2.45, 2.75) is 26.0 Å². The highest BCUT2D eigenvalue weighted by Crippen LogP contribution is 2.08. The van der Waals surface area contributed by atoms with Gasteiger partial charge in [0.25, 0.3) is 0 Å². The fourth-order valence-corrected chi connectivity index (χ4v) is 2.79. The average molecular weight is 212 g/mol. The van der Waals surface area contributed by atoms with Crippen LogP contribution < -0.4 is 0 Å². The van der Waals surface area contributed by atoms with Gasteiger partial charge in [-0.25, -0.2) is 8.42 Å². The van der Waals surface area contributed by atoms with Crippen molar-refractivity contribution in [1.82, 2.24) is 0 Å². The maximum Gasteiger partial charge on any atom is 0.154 e. The fraction of sp³-hybridized carbons (Fsp3) is 0.455. The van der Waals surface area contributed by atoms with Crippen LogP contribution in [0.25, 0.3) is 0 Å². The van der Waals surface area contributed by atoms with Crippen LogP contribution in [-0.2, 0) is 15.6 Å². The first-order valence-corrected chi connectivity index (χ1v) is 6.61. The second kappa shape index (κ2) is 4.60. The van der Waals surface area contributed by atoms with Gasteiger partial charge < -0.3 is 0 Å². The van der Waals surface area contributed by atoms with E-state index in [0.717, 1.165) is 11.1 Å². The SMILES string of the molecule is CCCS(=O)(=O)Cc1ccc(C)cc1. The number of hydrogen-bond acceptors (Lipinski definition) is 2. The molecule has 0 radical (unpaired) electrons. The normalized spacial score (nSPS) is 11.6. The third-order valence-electron chi connectivity index (χ3n) is 2.02. The Bertz CT molecular complexity index is 376. The van der Waals surface area contributed by atoms with Crippen LogP contribution in [0.2, 0.25) is 0 Å². The van der Waals surface area contributed by atoms with Gasteiger partial charge in [-0.05, 0) is 18.9 Å². The summed E-state index contributed by atoms with van der Waals surface area (Å²) in [7, 11) is -2.90. The lowest BCUT2D eigenvalue weighted by molar-refractivity contribution is 0.594. The molecule has 1 aromatic carbocycles. The molecule has 0 bridgehead atoms. The van der Waals surface area contributed by atoms with Gasteiger partial charge in [0.15, 0.2) is 9.84 Å². The van der Waals surface area contributed by atoms with Gasteiger partial charge in [0.1, 0.15) is 0 Å². The van der Waals surface area contributed by atoms with E-state index in [-0.39, 0.29) is 11.5 Å². The van der Waals surface area contributed by atoms with Gasteiger partial charge in [-0.3, -0.25) is 0 Å². The Morgan fingerprint density at radius 3 is 2.21 bits per heavy atom. The van der Waals surface area contributed by atoms with E-state index in [2.05, 4.69) is 0 Å². The van der Waals surface area contributed by atoms with Gasteiger partial charge in [-0.1, -0.05) is 36.8 Å². The molecular formula is C11H16O2S. The molecule has 0 fully saturated rings. The summed E-state index contributed by atoms with van der Waals surface area (Å²) in [5, 5.41) is 0. The summed E-state index contributed by atoms with van der Waals surface area (Å²) in [5.41, 5.74) is 2.03. The molecule has 0 aliphatic heterocycles. The highest BCUT2D eigenvalue weighted by atomic mass is 32.2. The highest BCUT2D eigenvalue weighted by Gasteiger charge is 2.09. The first kappa shape index (κ1) is 11.2. The summed E-state index contributed by atoms with van der Waals surface area (Å²) in [4.78, 5) is 0. The predicted molar refractivity (Wildman–Crippen MR) is 59.0 cm³/mol. The monoisotopic (exact) mass is 212 g/mol. The minimum atomic E-state index is -2.90. The van der Waals surface area contributed by atoms with E-state index in [1.54, 1.807) is 0 Å². The summed E-state index contributed by atoms with van der Waals surface area (Å²) < 4.78 is 23.0. The highest BCUT2D eigenvalue weighted by molar-refractivity contribution is 7.90. The number of sulfone groups is 1. The second-order valence-electron chi connectivity index (χ2n) is 3.58. The molecular weight excluding hydrogens is 196 g/mol. The second-order valence-corrected chi connectivity index (χ2v) is 5.76. The van der Waals surface area contributed by atoms with Gasteiger partial charge in [-0.2, -0.15) is 0 Å². The lowest BCUT2D eigenvalue weighted by atomic mass is 10.2. The van der Waals surface area contributed by atoms with Crippen LogP contribution >= 0.6 is 0 Å². The molecule has 14 heavy (non-hydrogen) atoms. The van der Waals surface area contributed by atoms with Gasteiger partial charge in [-0.15, -0.1) is 0 Å². The van der Waals surface area contributed by atoms with E-state index in [9.17, 15) is 8.42 Å². The van der Waals surface area contributed by atoms with E-state index in [4.69, 9.17) is 0 Å². The topological polar surface area (TPSA) is 34.1 Å². The van der Waals surface area contributed by atoms with Crippen molar-refractivity contribution in [3.8, 4) is 0 Å². The van der Waals surface area contributed by atoms with Crippen molar-refractivity contribution >= 4 is 9.84 Å². The molecule has 78 valence electrons. The van der Waals surface area contributed by atoms with E-state index < -0.39 is 9.84 Å². The van der Waals surface area contributed by atoms with Crippen LogP contribution in [0.3, 0.4) is 0 Å². The van der Waals surface area contributed by atoms with Crippen LogP contribution in [0.1, 0.15) is 24.5 Å². The van der Waals surface area contributed by atoms with Crippen molar-refractivity contribution in [2.75, 3.05) is 5.75 Å². The molecule has 0 aliphatic rings. The van der Waals surface area contributed by atoms with Crippen molar-refractivity contribution in [3.05, 3.63) is 35.4 Å². The first-order chi connectivity index (χ1) is 6.53. The molecule has 2 nitrogen and oxygen atoms in total. The van der Waals surface area contributed by atoms with Crippen molar-refractivity contribution in [1.29, 1.82) is 0 Å². The zero-order valence-electron chi connectivity index (χ0n) is 8.66. The molecule has 1 rings (SSSR count). The summed E-state index contributed by atoms with van der Waals surface area (Å²) in [6.07, 6.45) is 0.689. The number of benzene rings is 1. The molecule has 0 heterocycles. The lowest BCUT2D eigenvalue weighted by Crippen LogP contribution is -2.08. The minimum Gasteiger partial charge on any atom is -0.228 e. The van der Waals surface area contributed by atoms with Gasteiger partial charge in [0.2, 0.25) is 0 Å². The Morgan fingerprint density at radius 1 is 1.14 bits per heavy atom. The summed E-state index contributed by atoms with van der Waals surface area (Å²) in [6.45, 7) is 3.87. The lowest BCUT2D eigenvalue weighted by Gasteiger charge is -2.02. The average Bonchev–Trinajstić information content (AvgIpc) is 2.08. The minimum absolute atomic E-state index is 0.168. The summed E-state index contributed by atoms with van der Waals surface area (Å²) in [6, 6.07) is 7.64. The van der Waals surface area contributed by atoms with E-state index >= 15 is 0 Å². The molecule has 0 unspecified atom stereocenters. The van der Waals surface area contributed by atoms with E-state index in [0.29, 0.717) is 6.42 Å². The molecule has 3 heteroatoms. The number of rotatable bonds is 4. The zero-order chi connectivity index (χ0) is 10.6. The summed E-state index contributed by atoms with van der Waals surface area (Å²) in [5.74, 6) is 0.446. The fourth-order valence-electron chi connectivity index (χ4n) is 1.32. The van der Waals surface area contributed by atoms with E-state index in [1.165, 1.54) is 0 Å². The van der Waals surface area contributed by atoms with Crippen LogP contribution in [0.5, 0.6) is 0 Å². The Labute approximate surface area is 85.9 Å². The van der Waals surface area contributed by atoms with Crippen LogP contribution in [-0.4, -0.2) is 14.2 Å². The first-order valence-electron chi connectivity index (χ1n) is 4.79. The molecule has 1 aromatic rings. The Hall–Kier alpha value is -0.830.